The number of nitrogens with zero attached hydrogens (tertiary/aromatic N) is 2. The number of nitrogens with one attached hydrogen (secondary N) is 1. The minimum atomic E-state index is -0.250. The molecule has 3 aromatic rings. The Morgan fingerprint density at radius 3 is 2.30 bits per heavy atom. The Kier molecular flexibility index (Phi) is 5.03. The van der Waals surface area contributed by atoms with Crippen LogP contribution in [0, 0.1) is 0 Å². The minimum Gasteiger partial charge on any atom is -0.370 e. The summed E-state index contributed by atoms with van der Waals surface area (Å²) in [5.41, 5.74) is 11.3. The number of H-pyrrole nitrogens is 1. The maximum Gasteiger partial charge on any atom is 0.218 e. The predicted octanol–water partition coefficient (Wildman–Crippen LogP) is 2.82. The first-order valence-electron chi connectivity index (χ1n) is 9.39. The van der Waals surface area contributed by atoms with Crippen molar-refractivity contribution in [1.82, 2.24) is 15.1 Å². The summed E-state index contributed by atoms with van der Waals surface area (Å²) in [6.45, 7) is 2.41. The fraction of sp³-hybridized carbons (Fsp3) is 0.273. The third-order valence-corrected chi connectivity index (χ3v) is 5.26. The van der Waals surface area contributed by atoms with Gasteiger partial charge in [-0.1, -0.05) is 60.7 Å². The molecule has 138 valence electrons. The van der Waals surface area contributed by atoms with Crippen LogP contribution in [-0.2, 0) is 17.8 Å². The highest BCUT2D eigenvalue weighted by Crippen LogP contribution is 2.35. The van der Waals surface area contributed by atoms with E-state index in [0.717, 1.165) is 25.2 Å². The average Bonchev–Trinajstić information content (AvgIpc) is 3.11. The van der Waals surface area contributed by atoms with Crippen LogP contribution in [0.4, 0.5) is 0 Å². The van der Waals surface area contributed by atoms with Gasteiger partial charge in [0, 0.05) is 43.7 Å². The molecule has 0 aliphatic carbocycles. The molecule has 4 rings (SSSR count). The van der Waals surface area contributed by atoms with Crippen LogP contribution in [0.5, 0.6) is 0 Å². The van der Waals surface area contributed by atoms with Gasteiger partial charge < -0.3 is 5.73 Å². The Morgan fingerprint density at radius 2 is 1.70 bits per heavy atom. The van der Waals surface area contributed by atoms with Gasteiger partial charge in [-0.25, -0.2) is 0 Å². The van der Waals surface area contributed by atoms with Crippen molar-refractivity contribution < 1.29 is 4.79 Å². The van der Waals surface area contributed by atoms with Gasteiger partial charge in [-0.2, -0.15) is 5.10 Å². The lowest BCUT2D eigenvalue weighted by atomic mass is 9.85. The first-order chi connectivity index (χ1) is 13.2. The Bertz CT molecular complexity index is 865. The minimum absolute atomic E-state index is 0.0866. The SMILES string of the molecule is NC(=O)CCN1CCc2[nH]nc(C(c3ccccc3)c3ccccc3)c2C1. The molecule has 0 saturated heterocycles. The Labute approximate surface area is 159 Å². The Morgan fingerprint density at radius 1 is 1.07 bits per heavy atom. The van der Waals surface area contributed by atoms with Gasteiger partial charge in [0.05, 0.1) is 11.6 Å². The summed E-state index contributed by atoms with van der Waals surface area (Å²) in [7, 11) is 0. The molecule has 27 heavy (non-hydrogen) atoms. The van der Waals surface area contributed by atoms with Crippen molar-refractivity contribution in [3.05, 3.63) is 88.7 Å². The normalized spacial score (nSPS) is 14.3. The van der Waals surface area contributed by atoms with E-state index in [0.29, 0.717) is 13.0 Å². The number of hydrogen-bond donors (Lipinski definition) is 2. The molecular weight excluding hydrogens is 336 g/mol. The highest BCUT2D eigenvalue weighted by molar-refractivity contribution is 5.73. The lowest BCUT2D eigenvalue weighted by Gasteiger charge is -2.28. The van der Waals surface area contributed by atoms with Crippen molar-refractivity contribution in [3.63, 3.8) is 0 Å². The van der Waals surface area contributed by atoms with Gasteiger partial charge in [0.15, 0.2) is 0 Å². The standard InChI is InChI=1S/C22H24N4O/c23-20(27)12-14-26-13-11-19-18(15-26)22(25-24-19)21(16-7-3-1-4-8-16)17-9-5-2-6-10-17/h1-10,21H,11-15H2,(H2,23,27)(H,24,25). The van der Waals surface area contributed by atoms with Crippen molar-refractivity contribution in [2.24, 2.45) is 5.73 Å². The second-order valence-corrected chi connectivity index (χ2v) is 7.06. The van der Waals surface area contributed by atoms with E-state index >= 15 is 0 Å². The lowest BCUT2D eigenvalue weighted by Crippen LogP contribution is -2.33. The molecule has 1 aliphatic rings. The number of benzene rings is 2. The molecular formula is C22H24N4O. The number of nitrogens with two attached hydrogens (primary N) is 1. The monoisotopic (exact) mass is 360 g/mol. The molecule has 2 heterocycles. The van der Waals surface area contributed by atoms with E-state index < -0.39 is 0 Å². The van der Waals surface area contributed by atoms with Crippen LogP contribution in [-0.4, -0.2) is 34.1 Å². The number of carbonyl (C=O) groups is 1. The quantitative estimate of drug-likeness (QED) is 0.710. The highest BCUT2D eigenvalue weighted by atomic mass is 16.1. The molecule has 1 aromatic heterocycles. The topological polar surface area (TPSA) is 75.0 Å². The molecule has 1 amide bonds. The summed E-state index contributed by atoms with van der Waals surface area (Å²) in [4.78, 5) is 13.5. The van der Waals surface area contributed by atoms with E-state index in [2.05, 4.69) is 58.5 Å². The van der Waals surface area contributed by atoms with Crippen LogP contribution in [0.3, 0.4) is 0 Å². The van der Waals surface area contributed by atoms with Crippen LogP contribution in [0.25, 0.3) is 0 Å². The Hall–Kier alpha value is -2.92. The summed E-state index contributed by atoms with van der Waals surface area (Å²) < 4.78 is 0. The van der Waals surface area contributed by atoms with Crippen LogP contribution in [0.15, 0.2) is 60.7 Å². The smallest absolute Gasteiger partial charge is 0.218 e. The van der Waals surface area contributed by atoms with Crippen LogP contribution in [0.2, 0.25) is 0 Å². The van der Waals surface area contributed by atoms with E-state index in [1.807, 2.05) is 12.1 Å². The zero-order valence-electron chi connectivity index (χ0n) is 15.3. The molecule has 1 aliphatic heterocycles. The fourth-order valence-electron chi connectivity index (χ4n) is 3.87. The number of primary amides is 1. The zero-order valence-corrected chi connectivity index (χ0v) is 15.3. The first-order valence-corrected chi connectivity index (χ1v) is 9.39. The van der Waals surface area contributed by atoms with E-state index in [4.69, 9.17) is 10.8 Å². The van der Waals surface area contributed by atoms with Gasteiger partial charge in [-0.3, -0.25) is 14.8 Å². The van der Waals surface area contributed by atoms with Gasteiger partial charge in [0.2, 0.25) is 5.91 Å². The summed E-state index contributed by atoms with van der Waals surface area (Å²) in [5.74, 6) is -0.164. The highest BCUT2D eigenvalue weighted by Gasteiger charge is 2.28. The van der Waals surface area contributed by atoms with Crippen molar-refractivity contribution in [1.29, 1.82) is 0 Å². The molecule has 2 aromatic carbocycles. The van der Waals surface area contributed by atoms with Gasteiger partial charge in [-0.15, -0.1) is 0 Å². The van der Waals surface area contributed by atoms with Crippen molar-refractivity contribution >= 4 is 5.91 Å². The third-order valence-electron chi connectivity index (χ3n) is 5.26. The molecule has 0 fully saturated rings. The fourth-order valence-corrected chi connectivity index (χ4v) is 3.87. The van der Waals surface area contributed by atoms with Gasteiger partial charge in [0.25, 0.3) is 0 Å². The lowest BCUT2D eigenvalue weighted by molar-refractivity contribution is -0.118. The van der Waals surface area contributed by atoms with E-state index in [1.54, 1.807) is 0 Å². The first kappa shape index (κ1) is 17.5. The van der Waals surface area contributed by atoms with Crippen molar-refractivity contribution in [2.45, 2.75) is 25.3 Å². The number of aromatic nitrogens is 2. The number of carbonyl (C=O) groups excluding carboxylic acids is 1. The summed E-state index contributed by atoms with van der Waals surface area (Å²) >= 11 is 0. The zero-order chi connectivity index (χ0) is 18.6. The maximum absolute atomic E-state index is 11.2. The molecule has 5 nitrogen and oxygen atoms in total. The molecule has 0 saturated carbocycles. The third kappa shape index (κ3) is 3.78. The van der Waals surface area contributed by atoms with Crippen molar-refractivity contribution in [3.8, 4) is 0 Å². The number of aromatic amines is 1. The van der Waals surface area contributed by atoms with E-state index in [9.17, 15) is 4.79 Å². The van der Waals surface area contributed by atoms with Crippen molar-refractivity contribution in [2.75, 3.05) is 13.1 Å². The molecule has 0 spiro atoms. The molecule has 0 atom stereocenters. The summed E-state index contributed by atoms with van der Waals surface area (Å²) in [5, 5.41) is 8.00. The Balaban J connectivity index is 1.71. The second-order valence-electron chi connectivity index (χ2n) is 7.06. The second kappa shape index (κ2) is 7.76. The molecule has 5 heteroatoms. The van der Waals surface area contributed by atoms with Gasteiger partial charge >= 0.3 is 0 Å². The van der Waals surface area contributed by atoms with Gasteiger partial charge in [-0.05, 0) is 11.1 Å². The van der Waals surface area contributed by atoms with E-state index in [-0.39, 0.29) is 11.8 Å². The number of rotatable bonds is 6. The molecule has 3 N–H and O–H groups in total. The molecule has 0 radical (unpaired) electrons. The summed E-state index contributed by atoms with van der Waals surface area (Å²) in [6.07, 6.45) is 1.31. The van der Waals surface area contributed by atoms with E-state index in [1.165, 1.54) is 22.4 Å². The number of hydrogen-bond acceptors (Lipinski definition) is 3. The molecule has 0 unspecified atom stereocenters. The molecule has 0 bridgehead atoms. The maximum atomic E-state index is 11.2. The van der Waals surface area contributed by atoms with Crippen LogP contribution in [0.1, 0.15) is 40.4 Å². The number of fused-ring (bicyclic) bond motifs is 1. The largest absolute Gasteiger partial charge is 0.370 e. The van der Waals surface area contributed by atoms with Crippen LogP contribution >= 0.6 is 0 Å². The van der Waals surface area contributed by atoms with Crippen LogP contribution < -0.4 is 5.73 Å². The summed E-state index contributed by atoms with van der Waals surface area (Å²) in [6, 6.07) is 21.0. The average molecular weight is 360 g/mol. The number of amides is 1. The predicted molar refractivity (Wildman–Crippen MR) is 105 cm³/mol. The van der Waals surface area contributed by atoms with Gasteiger partial charge in [0.1, 0.15) is 0 Å².